The number of nitrogens with zero attached hydrogens (tertiary/aromatic N) is 1. The van der Waals surface area contributed by atoms with Crippen molar-refractivity contribution in [3.05, 3.63) is 70.8 Å². The van der Waals surface area contributed by atoms with Gasteiger partial charge in [-0.15, -0.1) is 0 Å². The van der Waals surface area contributed by atoms with Gasteiger partial charge in [0, 0.05) is 5.56 Å². The summed E-state index contributed by atoms with van der Waals surface area (Å²) in [6, 6.07) is 16.6. The minimum Gasteiger partial charge on any atom is -0.430 e. The summed E-state index contributed by atoms with van der Waals surface area (Å²) >= 11 is 0. The van der Waals surface area contributed by atoms with Gasteiger partial charge in [-0.25, -0.2) is 4.79 Å². The molecule has 0 aliphatic heterocycles. The lowest BCUT2D eigenvalue weighted by atomic mass is 10.0. The Balaban J connectivity index is 2.28. The van der Waals surface area contributed by atoms with Crippen LogP contribution in [0.25, 0.3) is 21.9 Å². The summed E-state index contributed by atoms with van der Waals surface area (Å²) in [4.78, 5) is 11.7. The Morgan fingerprint density at radius 2 is 1.63 bits per heavy atom. The maximum atomic E-state index is 11.7. The molecule has 0 aliphatic rings. The monoisotopic (exact) mass is 247 g/mol. The van der Waals surface area contributed by atoms with Crippen molar-refractivity contribution >= 4 is 10.8 Å². The summed E-state index contributed by atoms with van der Waals surface area (Å²) in [5.41, 5.74) is 2.03. The molecule has 0 fully saturated rings. The zero-order valence-electron chi connectivity index (χ0n) is 9.96. The van der Waals surface area contributed by atoms with Crippen LogP contribution in [0, 0.1) is 11.3 Å². The molecule has 0 spiro atoms. The van der Waals surface area contributed by atoms with E-state index in [0.717, 1.165) is 16.5 Å². The lowest BCUT2D eigenvalue weighted by molar-refractivity contribution is 0.521. The van der Waals surface area contributed by atoms with E-state index in [9.17, 15) is 4.79 Å². The molecule has 0 bridgehead atoms. The van der Waals surface area contributed by atoms with E-state index in [1.807, 2.05) is 30.3 Å². The van der Waals surface area contributed by atoms with Crippen molar-refractivity contribution in [2.24, 2.45) is 0 Å². The van der Waals surface area contributed by atoms with E-state index in [0.29, 0.717) is 10.9 Å². The Morgan fingerprint density at radius 3 is 2.32 bits per heavy atom. The molecule has 19 heavy (non-hydrogen) atoms. The predicted octanol–water partition coefficient (Wildman–Crippen LogP) is 3.33. The second-order valence-electron chi connectivity index (χ2n) is 4.17. The molecule has 3 rings (SSSR count). The highest BCUT2D eigenvalue weighted by Crippen LogP contribution is 2.26. The first-order valence-electron chi connectivity index (χ1n) is 5.80. The maximum Gasteiger partial charge on any atom is 0.343 e. The first-order chi connectivity index (χ1) is 9.29. The van der Waals surface area contributed by atoms with Crippen molar-refractivity contribution in [1.82, 2.24) is 0 Å². The Hall–Kier alpha value is -2.86. The average Bonchev–Trinajstić information content (AvgIpc) is 2.48. The highest BCUT2D eigenvalue weighted by Gasteiger charge is 2.07. The molecule has 2 aromatic carbocycles. The number of hydrogen-bond donors (Lipinski definition) is 0. The molecule has 0 saturated carbocycles. The lowest BCUT2D eigenvalue weighted by Gasteiger charge is -2.05. The Kier molecular flexibility index (Phi) is 2.62. The molecule has 0 unspecified atom stereocenters. The molecule has 0 saturated heterocycles. The SMILES string of the molecule is N#Cc1ccc(-c2coc(=O)c3ccccc23)cc1. The summed E-state index contributed by atoms with van der Waals surface area (Å²) in [5, 5.41) is 10.2. The van der Waals surface area contributed by atoms with Crippen LogP contribution in [0.5, 0.6) is 0 Å². The molecule has 1 aromatic heterocycles. The van der Waals surface area contributed by atoms with Crippen LogP contribution < -0.4 is 5.63 Å². The third kappa shape index (κ3) is 1.90. The fourth-order valence-corrected chi connectivity index (χ4v) is 2.08. The van der Waals surface area contributed by atoms with E-state index in [1.165, 1.54) is 6.26 Å². The largest absolute Gasteiger partial charge is 0.430 e. The van der Waals surface area contributed by atoms with Crippen LogP contribution >= 0.6 is 0 Å². The van der Waals surface area contributed by atoms with Gasteiger partial charge in [0.2, 0.25) is 0 Å². The predicted molar refractivity (Wildman–Crippen MR) is 72.6 cm³/mol. The van der Waals surface area contributed by atoms with Crippen molar-refractivity contribution in [2.45, 2.75) is 0 Å². The van der Waals surface area contributed by atoms with Crippen molar-refractivity contribution in [3.8, 4) is 17.2 Å². The van der Waals surface area contributed by atoms with Crippen molar-refractivity contribution in [1.29, 1.82) is 5.26 Å². The van der Waals surface area contributed by atoms with Gasteiger partial charge in [-0.3, -0.25) is 0 Å². The molecule has 3 aromatic rings. The molecule has 3 heteroatoms. The van der Waals surface area contributed by atoms with Crippen molar-refractivity contribution < 1.29 is 4.42 Å². The van der Waals surface area contributed by atoms with Gasteiger partial charge in [0.15, 0.2) is 0 Å². The highest BCUT2D eigenvalue weighted by molar-refractivity contribution is 5.95. The van der Waals surface area contributed by atoms with Gasteiger partial charge < -0.3 is 4.42 Å². The molecule has 0 atom stereocenters. The molecule has 3 nitrogen and oxygen atoms in total. The van der Waals surface area contributed by atoms with E-state index in [-0.39, 0.29) is 5.63 Å². The van der Waals surface area contributed by atoms with Crippen LogP contribution in [0.4, 0.5) is 0 Å². The minimum atomic E-state index is -0.340. The fraction of sp³-hybridized carbons (Fsp3) is 0. The third-order valence-corrected chi connectivity index (χ3v) is 3.05. The Labute approximate surface area is 109 Å². The summed E-state index contributed by atoms with van der Waals surface area (Å²) in [6.07, 6.45) is 1.46. The normalized spacial score (nSPS) is 10.3. The van der Waals surface area contributed by atoms with Gasteiger partial charge in [0.25, 0.3) is 0 Å². The maximum absolute atomic E-state index is 11.7. The number of benzene rings is 2. The van der Waals surface area contributed by atoms with Crippen LogP contribution in [-0.4, -0.2) is 0 Å². The standard InChI is InChI=1S/C16H9NO2/c17-9-11-5-7-12(8-6-11)15-10-19-16(18)14-4-2-1-3-13(14)15/h1-8,10H. The molecule has 0 amide bonds. The summed E-state index contributed by atoms with van der Waals surface area (Å²) in [7, 11) is 0. The molecular formula is C16H9NO2. The van der Waals surface area contributed by atoms with Gasteiger partial charge in [-0.05, 0) is 29.1 Å². The quantitative estimate of drug-likeness (QED) is 0.662. The summed E-state index contributed by atoms with van der Waals surface area (Å²) < 4.78 is 5.06. The summed E-state index contributed by atoms with van der Waals surface area (Å²) in [5.74, 6) is 0. The number of nitriles is 1. The van der Waals surface area contributed by atoms with Crippen molar-refractivity contribution in [3.63, 3.8) is 0 Å². The molecule has 0 N–H and O–H groups in total. The van der Waals surface area contributed by atoms with Gasteiger partial charge in [-0.2, -0.15) is 5.26 Å². The Bertz CT molecular complexity index is 839. The van der Waals surface area contributed by atoms with E-state index in [1.54, 1.807) is 18.2 Å². The molecule has 1 heterocycles. The van der Waals surface area contributed by atoms with E-state index < -0.39 is 0 Å². The van der Waals surface area contributed by atoms with Crippen LogP contribution in [0.3, 0.4) is 0 Å². The number of fused-ring (bicyclic) bond motifs is 1. The zero-order valence-corrected chi connectivity index (χ0v) is 9.96. The van der Waals surface area contributed by atoms with Crippen LogP contribution in [-0.2, 0) is 0 Å². The lowest BCUT2D eigenvalue weighted by Crippen LogP contribution is -1.99. The van der Waals surface area contributed by atoms with E-state index in [2.05, 4.69) is 6.07 Å². The second-order valence-corrected chi connectivity index (χ2v) is 4.17. The molecular weight excluding hydrogens is 238 g/mol. The van der Waals surface area contributed by atoms with Gasteiger partial charge in [0.05, 0.1) is 17.0 Å². The number of rotatable bonds is 1. The van der Waals surface area contributed by atoms with Crippen LogP contribution in [0.2, 0.25) is 0 Å². The molecule has 90 valence electrons. The molecule has 0 radical (unpaired) electrons. The minimum absolute atomic E-state index is 0.340. The van der Waals surface area contributed by atoms with Crippen molar-refractivity contribution in [2.75, 3.05) is 0 Å². The summed E-state index contributed by atoms with van der Waals surface area (Å²) in [6.45, 7) is 0. The second kappa shape index (κ2) is 4.43. The zero-order chi connectivity index (χ0) is 13.2. The first-order valence-corrected chi connectivity index (χ1v) is 5.80. The average molecular weight is 247 g/mol. The number of hydrogen-bond acceptors (Lipinski definition) is 3. The van der Waals surface area contributed by atoms with Gasteiger partial charge >= 0.3 is 5.63 Å². The fourth-order valence-electron chi connectivity index (χ4n) is 2.08. The van der Waals surface area contributed by atoms with E-state index >= 15 is 0 Å². The Morgan fingerprint density at radius 1 is 0.947 bits per heavy atom. The van der Waals surface area contributed by atoms with Gasteiger partial charge in [-0.1, -0.05) is 30.3 Å². The van der Waals surface area contributed by atoms with Crippen LogP contribution in [0.15, 0.2) is 64.0 Å². The topological polar surface area (TPSA) is 54.0 Å². The van der Waals surface area contributed by atoms with Crippen LogP contribution in [0.1, 0.15) is 5.56 Å². The highest BCUT2D eigenvalue weighted by atomic mass is 16.4. The molecule has 0 aliphatic carbocycles. The third-order valence-electron chi connectivity index (χ3n) is 3.05. The smallest absolute Gasteiger partial charge is 0.343 e. The first kappa shape index (κ1) is 11.2. The van der Waals surface area contributed by atoms with Gasteiger partial charge in [0.1, 0.15) is 6.26 Å². The van der Waals surface area contributed by atoms with E-state index in [4.69, 9.17) is 9.68 Å².